The quantitative estimate of drug-likeness (QED) is 0.151. The van der Waals surface area contributed by atoms with Crippen LogP contribution in [-0.2, 0) is 14.9 Å². The molecule has 0 radical (unpaired) electrons. The van der Waals surface area contributed by atoms with E-state index < -0.39 is 16.0 Å². The molecule has 3 aromatic carbocycles. The molecule has 1 amide bonds. The van der Waals surface area contributed by atoms with Gasteiger partial charge >= 0.3 is 10.1 Å². The third-order valence-corrected chi connectivity index (χ3v) is 6.96. The number of methoxy groups -OCH3 is 1. The Hall–Kier alpha value is -2.78. The molecule has 11 heteroatoms. The predicted molar refractivity (Wildman–Crippen MR) is 139 cm³/mol. The maximum absolute atomic E-state index is 12.7. The highest BCUT2D eigenvalue weighted by Crippen LogP contribution is 2.36. The van der Waals surface area contributed by atoms with Crippen molar-refractivity contribution in [2.45, 2.75) is 4.90 Å². The molecular formula is C23H15Cl2IN2O5S. The van der Waals surface area contributed by atoms with Crippen LogP contribution in [-0.4, -0.2) is 21.4 Å². The summed E-state index contributed by atoms with van der Waals surface area (Å²) in [7, 11) is -2.82. The Morgan fingerprint density at radius 3 is 2.41 bits per heavy atom. The summed E-state index contributed by atoms with van der Waals surface area (Å²) in [6.07, 6.45) is 1.34. The largest absolute Gasteiger partial charge is 0.493 e. The maximum Gasteiger partial charge on any atom is 0.339 e. The second-order valence-corrected chi connectivity index (χ2v) is 10.2. The van der Waals surface area contributed by atoms with Crippen LogP contribution < -0.4 is 14.2 Å². The summed E-state index contributed by atoms with van der Waals surface area (Å²) in [5.41, 5.74) is 0.585. The van der Waals surface area contributed by atoms with Gasteiger partial charge < -0.3 is 14.2 Å². The minimum Gasteiger partial charge on any atom is -0.493 e. The number of rotatable bonds is 7. The number of nitrogens with one attached hydrogen (secondary N) is 1. The van der Waals surface area contributed by atoms with Crippen molar-refractivity contribution in [3.63, 3.8) is 0 Å². The molecule has 7 nitrogen and oxygen atoms in total. The van der Waals surface area contributed by atoms with Crippen LogP contribution in [0, 0.1) is 14.9 Å². The van der Waals surface area contributed by atoms with E-state index in [0.29, 0.717) is 24.9 Å². The number of amides is 1. The summed E-state index contributed by atoms with van der Waals surface area (Å²) < 4.78 is 36.4. The third-order valence-electron chi connectivity index (χ3n) is 4.35. The van der Waals surface area contributed by atoms with Crippen molar-refractivity contribution in [1.82, 2.24) is 0 Å². The Bertz CT molecular complexity index is 1420. The van der Waals surface area contributed by atoms with Crippen molar-refractivity contribution in [3.05, 3.63) is 85.4 Å². The van der Waals surface area contributed by atoms with E-state index in [4.69, 9.17) is 32.1 Å². The van der Waals surface area contributed by atoms with Crippen molar-refractivity contribution < 1.29 is 22.1 Å². The lowest BCUT2D eigenvalue weighted by Gasteiger charge is -2.14. The zero-order chi connectivity index (χ0) is 24.9. The van der Waals surface area contributed by atoms with Crippen molar-refractivity contribution in [2.75, 3.05) is 12.4 Å². The van der Waals surface area contributed by atoms with Crippen molar-refractivity contribution in [3.8, 4) is 17.6 Å². The van der Waals surface area contributed by atoms with Gasteiger partial charge in [0.1, 0.15) is 16.5 Å². The number of hydrogen-bond donors (Lipinski definition) is 1. The average Bonchev–Trinajstić information content (AvgIpc) is 2.80. The number of anilines is 1. The molecule has 0 aliphatic rings. The van der Waals surface area contributed by atoms with Gasteiger partial charge in [0.25, 0.3) is 5.91 Å². The molecule has 1 N–H and O–H groups in total. The Labute approximate surface area is 220 Å². The average molecular weight is 629 g/mol. The molecule has 0 aromatic heterocycles. The zero-order valence-corrected chi connectivity index (χ0v) is 21.9. The number of nitrogens with zero attached hydrogens (tertiary/aromatic N) is 1. The normalized spacial score (nSPS) is 11.4. The van der Waals surface area contributed by atoms with E-state index in [1.807, 2.05) is 28.7 Å². The number of halogens is 3. The fraction of sp³-hybridized carbons (Fsp3) is 0.0435. The summed E-state index contributed by atoms with van der Waals surface area (Å²) >= 11 is 13.8. The van der Waals surface area contributed by atoms with Gasteiger partial charge in [-0.25, -0.2) is 0 Å². The molecule has 174 valence electrons. The Balaban J connectivity index is 1.92. The first-order valence-electron chi connectivity index (χ1n) is 9.40. The first-order valence-corrected chi connectivity index (χ1v) is 12.6. The minimum atomic E-state index is -4.17. The van der Waals surface area contributed by atoms with Gasteiger partial charge in [-0.2, -0.15) is 13.7 Å². The third kappa shape index (κ3) is 6.21. The van der Waals surface area contributed by atoms with Crippen LogP contribution in [0.15, 0.2) is 71.1 Å². The van der Waals surface area contributed by atoms with Crippen molar-refractivity contribution >= 4 is 73.6 Å². The summed E-state index contributed by atoms with van der Waals surface area (Å²) in [5, 5.41) is 12.8. The summed E-state index contributed by atoms with van der Waals surface area (Å²) in [4.78, 5) is 12.5. The minimum absolute atomic E-state index is 0.0331. The molecule has 34 heavy (non-hydrogen) atoms. The lowest BCUT2D eigenvalue weighted by Crippen LogP contribution is -2.14. The predicted octanol–water partition coefficient (Wildman–Crippen LogP) is 5.92. The molecule has 0 aliphatic carbocycles. The van der Waals surface area contributed by atoms with E-state index in [0.717, 1.165) is 0 Å². The SMILES string of the molecule is COc1cc(/C=C(\C#N)C(=O)Nc2ccccc2Cl)cc(I)c1OS(=O)(=O)c1ccc(Cl)cc1. The molecular weight excluding hydrogens is 614 g/mol. The highest BCUT2D eigenvalue weighted by Gasteiger charge is 2.22. The van der Waals surface area contributed by atoms with Gasteiger partial charge in [0.15, 0.2) is 11.5 Å². The number of benzene rings is 3. The van der Waals surface area contributed by atoms with Crippen molar-refractivity contribution in [2.24, 2.45) is 0 Å². The van der Waals surface area contributed by atoms with E-state index in [1.165, 1.54) is 43.5 Å². The molecule has 3 rings (SSSR count). The smallest absolute Gasteiger partial charge is 0.339 e. The standard InChI is InChI=1S/C23H15Cl2IN2O5S/c1-32-21-12-14(10-15(13-27)23(29)28-20-5-3-2-4-18(20)25)11-19(26)22(21)33-34(30,31)17-8-6-16(24)7-9-17/h2-12H,1H3,(H,28,29)/b15-10+. The summed E-state index contributed by atoms with van der Waals surface area (Å²) in [5.74, 6) is -0.594. The van der Waals surface area contributed by atoms with E-state index >= 15 is 0 Å². The number of nitriles is 1. The van der Waals surface area contributed by atoms with Crippen LogP contribution in [0.2, 0.25) is 10.0 Å². The lowest BCUT2D eigenvalue weighted by molar-refractivity contribution is -0.112. The second-order valence-electron chi connectivity index (χ2n) is 6.63. The monoisotopic (exact) mass is 628 g/mol. The van der Waals surface area contributed by atoms with Crippen LogP contribution in [0.3, 0.4) is 0 Å². The zero-order valence-electron chi connectivity index (χ0n) is 17.4. The number of para-hydroxylation sites is 1. The molecule has 0 saturated heterocycles. The molecule has 0 bridgehead atoms. The number of carbonyl (C=O) groups excluding carboxylic acids is 1. The van der Waals surface area contributed by atoms with Crippen LogP contribution in [0.4, 0.5) is 5.69 Å². The maximum atomic E-state index is 12.7. The van der Waals surface area contributed by atoms with Crippen LogP contribution >= 0.6 is 45.8 Å². The van der Waals surface area contributed by atoms with Crippen LogP contribution in [0.1, 0.15) is 5.56 Å². The van der Waals surface area contributed by atoms with Crippen molar-refractivity contribution in [1.29, 1.82) is 5.26 Å². The fourth-order valence-corrected chi connectivity index (χ4v) is 4.88. The van der Waals surface area contributed by atoms with Gasteiger partial charge in [0, 0.05) is 5.02 Å². The van der Waals surface area contributed by atoms with Gasteiger partial charge in [0.05, 0.1) is 21.4 Å². The first kappa shape index (κ1) is 25.8. The molecule has 0 saturated carbocycles. The van der Waals surface area contributed by atoms with E-state index in [2.05, 4.69) is 5.32 Å². The molecule has 0 heterocycles. The topological polar surface area (TPSA) is 105 Å². The van der Waals surface area contributed by atoms with E-state index in [1.54, 1.807) is 30.3 Å². The van der Waals surface area contributed by atoms with E-state index in [-0.39, 0.29) is 22.0 Å². The van der Waals surface area contributed by atoms with Crippen LogP contribution in [0.25, 0.3) is 6.08 Å². The molecule has 0 atom stereocenters. The number of hydrogen-bond acceptors (Lipinski definition) is 6. The van der Waals surface area contributed by atoms with Gasteiger partial charge in [0.2, 0.25) is 0 Å². The van der Waals surface area contributed by atoms with E-state index in [9.17, 15) is 18.5 Å². The molecule has 0 spiro atoms. The van der Waals surface area contributed by atoms with Gasteiger partial charge in [-0.15, -0.1) is 0 Å². The van der Waals surface area contributed by atoms with Gasteiger partial charge in [-0.3, -0.25) is 4.79 Å². The lowest BCUT2D eigenvalue weighted by atomic mass is 10.1. The highest BCUT2D eigenvalue weighted by molar-refractivity contribution is 14.1. The fourth-order valence-electron chi connectivity index (χ4n) is 2.73. The van der Waals surface area contributed by atoms with Gasteiger partial charge in [-0.05, 0) is 82.8 Å². The Morgan fingerprint density at radius 1 is 1.12 bits per heavy atom. The Morgan fingerprint density at radius 2 is 1.79 bits per heavy atom. The number of ether oxygens (including phenoxy) is 1. The molecule has 0 unspecified atom stereocenters. The van der Waals surface area contributed by atoms with Gasteiger partial charge in [-0.1, -0.05) is 35.3 Å². The molecule has 3 aromatic rings. The summed E-state index contributed by atoms with van der Waals surface area (Å²) in [6, 6.07) is 17.0. The molecule has 0 fully saturated rings. The summed E-state index contributed by atoms with van der Waals surface area (Å²) in [6.45, 7) is 0. The Kier molecular flexibility index (Phi) is 8.43. The number of carbonyl (C=O) groups is 1. The van der Waals surface area contributed by atoms with Crippen LogP contribution in [0.5, 0.6) is 11.5 Å². The molecule has 0 aliphatic heterocycles. The first-order chi connectivity index (χ1) is 16.1. The second kappa shape index (κ2) is 11.1. The highest BCUT2D eigenvalue weighted by atomic mass is 127.